The van der Waals surface area contributed by atoms with Gasteiger partial charge < -0.3 is 13.7 Å². The number of hydrogen-bond acceptors (Lipinski definition) is 4. The van der Waals surface area contributed by atoms with E-state index in [9.17, 15) is 0 Å². The van der Waals surface area contributed by atoms with Crippen molar-refractivity contribution in [3.05, 3.63) is 194 Å². The molecular weight excluding hydrogens is 649 g/mol. The molecule has 0 N–H and O–H groups in total. The summed E-state index contributed by atoms with van der Waals surface area (Å²) in [5.74, 6) is 0.600. The summed E-state index contributed by atoms with van der Waals surface area (Å²) in [6.45, 7) is 0. The number of para-hydroxylation sites is 1. The Bertz CT molecular complexity index is 2860. The fourth-order valence-corrected chi connectivity index (χ4v) is 7.31. The highest BCUT2D eigenvalue weighted by atomic mass is 16.4. The van der Waals surface area contributed by atoms with E-state index in [4.69, 9.17) is 13.8 Å². The lowest BCUT2D eigenvalue weighted by molar-refractivity contribution is 0.620. The van der Waals surface area contributed by atoms with Crippen LogP contribution in [0, 0.1) is 0 Å². The average molecular weight is 681 g/mol. The molecule has 0 saturated carbocycles. The van der Waals surface area contributed by atoms with Crippen LogP contribution in [-0.4, -0.2) is 4.98 Å². The molecule has 4 heteroatoms. The van der Waals surface area contributed by atoms with Crippen molar-refractivity contribution < 1.29 is 8.83 Å². The summed E-state index contributed by atoms with van der Waals surface area (Å²) in [7, 11) is 0. The first-order valence-corrected chi connectivity index (χ1v) is 17.8. The van der Waals surface area contributed by atoms with Crippen LogP contribution >= 0.6 is 0 Å². The van der Waals surface area contributed by atoms with Gasteiger partial charge in [0.15, 0.2) is 5.58 Å². The zero-order valence-corrected chi connectivity index (χ0v) is 28.7. The monoisotopic (exact) mass is 680 g/mol. The van der Waals surface area contributed by atoms with Crippen LogP contribution in [0.5, 0.6) is 0 Å². The van der Waals surface area contributed by atoms with Crippen LogP contribution in [0.1, 0.15) is 0 Å². The minimum absolute atomic E-state index is 0.600. The van der Waals surface area contributed by atoms with Gasteiger partial charge in [0.05, 0.1) is 0 Å². The van der Waals surface area contributed by atoms with E-state index in [1.165, 1.54) is 11.1 Å². The fraction of sp³-hybridized carbons (Fsp3) is 0. The van der Waals surface area contributed by atoms with Gasteiger partial charge in [-0.15, -0.1) is 0 Å². The summed E-state index contributed by atoms with van der Waals surface area (Å²) >= 11 is 0. The Labute approximate surface area is 306 Å². The van der Waals surface area contributed by atoms with Crippen molar-refractivity contribution in [2.24, 2.45) is 0 Å². The predicted molar refractivity (Wildman–Crippen MR) is 218 cm³/mol. The predicted octanol–water partition coefficient (Wildman–Crippen LogP) is 13.9. The lowest BCUT2D eigenvalue weighted by Gasteiger charge is -2.27. The summed E-state index contributed by atoms with van der Waals surface area (Å²) in [6.07, 6.45) is 0. The molecular formula is C49H32N2O2. The van der Waals surface area contributed by atoms with Gasteiger partial charge in [0.1, 0.15) is 16.7 Å². The number of anilines is 3. The summed E-state index contributed by atoms with van der Waals surface area (Å²) < 4.78 is 12.6. The van der Waals surface area contributed by atoms with E-state index in [2.05, 4.69) is 163 Å². The summed E-state index contributed by atoms with van der Waals surface area (Å²) in [6, 6.07) is 67.8. The molecule has 2 aromatic heterocycles. The van der Waals surface area contributed by atoms with E-state index in [0.29, 0.717) is 5.89 Å². The smallest absolute Gasteiger partial charge is 0.227 e. The minimum Gasteiger partial charge on any atom is -0.456 e. The van der Waals surface area contributed by atoms with Gasteiger partial charge >= 0.3 is 0 Å². The molecule has 0 saturated heterocycles. The van der Waals surface area contributed by atoms with Gasteiger partial charge in [-0.25, -0.2) is 4.98 Å². The maximum Gasteiger partial charge on any atom is 0.227 e. The number of hydrogen-bond donors (Lipinski definition) is 0. The van der Waals surface area contributed by atoms with Gasteiger partial charge in [0, 0.05) is 39.5 Å². The topological polar surface area (TPSA) is 42.4 Å². The largest absolute Gasteiger partial charge is 0.456 e. The van der Waals surface area contributed by atoms with E-state index in [0.717, 1.165) is 77.9 Å². The van der Waals surface area contributed by atoms with Gasteiger partial charge in [0.2, 0.25) is 5.89 Å². The Kier molecular flexibility index (Phi) is 7.43. The number of benzene rings is 8. The Hall–Kier alpha value is -7.17. The lowest BCUT2D eigenvalue weighted by atomic mass is 9.92. The quantitative estimate of drug-likeness (QED) is 0.168. The molecule has 10 aromatic rings. The fourth-order valence-electron chi connectivity index (χ4n) is 7.31. The van der Waals surface area contributed by atoms with Crippen LogP contribution in [0.4, 0.5) is 17.1 Å². The second kappa shape index (κ2) is 12.9. The SMILES string of the molecule is c1ccc(-c2ccc(N(c3ccccc3)c3ccc(-c4ccc5oc6cc7nc(-c8ccccc8)oc7cc6c5c4)c(-c4ccccc4)c3)cc2)cc1. The van der Waals surface area contributed by atoms with E-state index < -0.39 is 0 Å². The molecule has 0 fully saturated rings. The second-order valence-corrected chi connectivity index (χ2v) is 13.2. The molecule has 0 bridgehead atoms. The molecule has 4 nitrogen and oxygen atoms in total. The van der Waals surface area contributed by atoms with Gasteiger partial charge in [-0.05, 0) is 100 Å². The van der Waals surface area contributed by atoms with Gasteiger partial charge in [-0.3, -0.25) is 0 Å². The van der Waals surface area contributed by atoms with Crippen molar-refractivity contribution >= 4 is 50.1 Å². The van der Waals surface area contributed by atoms with E-state index >= 15 is 0 Å². The molecule has 0 amide bonds. The van der Waals surface area contributed by atoms with Crippen LogP contribution < -0.4 is 4.90 Å². The molecule has 2 heterocycles. The third-order valence-corrected chi connectivity index (χ3v) is 9.90. The normalized spacial score (nSPS) is 11.4. The van der Waals surface area contributed by atoms with Crippen molar-refractivity contribution in [1.82, 2.24) is 4.98 Å². The molecule has 10 rings (SSSR count). The number of fused-ring (bicyclic) bond motifs is 4. The molecule has 250 valence electrons. The third-order valence-electron chi connectivity index (χ3n) is 9.90. The molecule has 0 radical (unpaired) electrons. The van der Waals surface area contributed by atoms with Crippen molar-refractivity contribution in [2.45, 2.75) is 0 Å². The molecule has 0 aliphatic carbocycles. The Morgan fingerprint density at radius 3 is 1.62 bits per heavy atom. The number of nitrogens with zero attached hydrogens (tertiary/aromatic N) is 2. The Balaban J connectivity index is 1.10. The number of rotatable bonds is 7. The minimum atomic E-state index is 0.600. The maximum absolute atomic E-state index is 6.38. The zero-order valence-electron chi connectivity index (χ0n) is 28.7. The third kappa shape index (κ3) is 5.63. The molecule has 8 aromatic carbocycles. The number of aromatic nitrogens is 1. The van der Waals surface area contributed by atoms with Crippen molar-refractivity contribution in [1.29, 1.82) is 0 Å². The summed E-state index contributed by atoms with van der Waals surface area (Å²) in [4.78, 5) is 7.09. The molecule has 0 aliphatic heterocycles. The van der Waals surface area contributed by atoms with Gasteiger partial charge in [-0.1, -0.05) is 121 Å². The first kappa shape index (κ1) is 30.6. The standard InChI is InChI=1S/C49H32N2O2/c1-5-13-33(14-6-1)34-21-24-39(25-22-34)51(38-19-11-4-12-20-38)40-26-27-41(42(30-40)35-15-7-2-8-16-35)37-23-28-46-43(29-37)44-31-48-45(32-47(44)52-46)50-49(53-48)36-17-9-3-10-18-36/h1-32H. The van der Waals surface area contributed by atoms with Crippen molar-refractivity contribution in [3.63, 3.8) is 0 Å². The highest BCUT2D eigenvalue weighted by Gasteiger charge is 2.19. The molecule has 0 spiro atoms. The highest BCUT2D eigenvalue weighted by Crippen LogP contribution is 2.43. The summed E-state index contributed by atoms with van der Waals surface area (Å²) in [5, 5.41) is 2.03. The van der Waals surface area contributed by atoms with E-state index in [-0.39, 0.29) is 0 Å². The summed E-state index contributed by atoms with van der Waals surface area (Å²) in [5.41, 5.74) is 14.2. The van der Waals surface area contributed by atoms with Gasteiger partial charge in [0.25, 0.3) is 0 Å². The number of oxazole rings is 1. The molecule has 53 heavy (non-hydrogen) atoms. The Morgan fingerprint density at radius 2 is 0.906 bits per heavy atom. The highest BCUT2D eigenvalue weighted by molar-refractivity contribution is 6.10. The van der Waals surface area contributed by atoms with Crippen LogP contribution in [0.2, 0.25) is 0 Å². The first-order valence-electron chi connectivity index (χ1n) is 17.8. The average Bonchev–Trinajstić information content (AvgIpc) is 3.82. The van der Waals surface area contributed by atoms with E-state index in [1.54, 1.807) is 0 Å². The molecule has 0 aliphatic rings. The van der Waals surface area contributed by atoms with Crippen molar-refractivity contribution in [2.75, 3.05) is 4.90 Å². The zero-order chi connectivity index (χ0) is 35.1. The van der Waals surface area contributed by atoms with Gasteiger partial charge in [-0.2, -0.15) is 0 Å². The van der Waals surface area contributed by atoms with Crippen LogP contribution in [0.15, 0.2) is 203 Å². The Morgan fingerprint density at radius 1 is 0.340 bits per heavy atom. The molecule has 0 unspecified atom stereocenters. The maximum atomic E-state index is 6.38. The lowest BCUT2D eigenvalue weighted by Crippen LogP contribution is -2.10. The second-order valence-electron chi connectivity index (χ2n) is 13.2. The van der Waals surface area contributed by atoms with E-state index in [1.807, 2.05) is 36.4 Å². The number of furan rings is 1. The van der Waals surface area contributed by atoms with Crippen molar-refractivity contribution in [3.8, 4) is 44.8 Å². The van der Waals surface area contributed by atoms with Crippen LogP contribution in [-0.2, 0) is 0 Å². The first-order chi connectivity index (χ1) is 26.2. The van der Waals surface area contributed by atoms with Crippen LogP contribution in [0.25, 0.3) is 77.9 Å². The molecule has 0 atom stereocenters. The van der Waals surface area contributed by atoms with Crippen LogP contribution in [0.3, 0.4) is 0 Å².